The largest absolute Gasteiger partial charge is 0.444 e. The van der Waals surface area contributed by atoms with E-state index in [2.05, 4.69) is 21.2 Å². The second-order valence-corrected chi connectivity index (χ2v) is 3.85. The fourth-order valence-electron chi connectivity index (χ4n) is 0.479. The number of alkyl carbamates (subject to hydrolysis) is 1. The van der Waals surface area contributed by atoms with E-state index in [4.69, 9.17) is 4.74 Å². The third-order valence-electron chi connectivity index (χ3n) is 0.807. The molecule has 4 heteroatoms. The highest BCUT2D eigenvalue weighted by Gasteiger charge is 2.14. The number of hydrogen-bond acceptors (Lipinski definition) is 2. The minimum Gasteiger partial charge on any atom is -0.444 e. The summed E-state index contributed by atoms with van der Waals surface area (Å²) in [5.74, 6) is 0. The number of hydrogen-bond donors (Lipinski definition) is 1. The van der Waals surface area contributed by atoms with Crippen molar-refractivity contribution in [3.8, 4) is 0 Å². The van der Waals surface area contributed by atoms with Crippen LogP contribution in [0.1, 0.15) is 20.8 Å². The first-order valence-electron chi connectivity index (χ1n) is 3.66. The Bertz CT molecular complexity index is 172. The van der Waals surface area contributed by atoms with Crippen molar-refractivity contribution >= 4 is 22.0 Å². The Hall–Kier alpha value is -0.510. The molecule has 0 fully saturated rings. The summed E-state index contributed by atoms with van der Waals surface area (Å²) in [6.45, 7) is 5.46. The molecule has 0 spiro atoms. The van der Waals surface area contributed by atoms with Crippen molar-refractivity contribution in [2.24, 2.45) is 0 Å². The number of halogens is 1. The highest BCUT2D eigenvalue weighted by atomic mass is 79.9. The van der Waals surface area contributed by atoms with Crippen molar-refractivity contribution in [2.45, 2.75) is 26.4 Å². The summed E-state index contributed by atoms with van der Waals surface area (Å²) < 4.78 is 4.97. The van der Waals surface area contributed by atoms with Gasteiger partial charge in [-0.05, 0) is 20.8 Å². The van der Waals surface area contributed by atoms with E-state index in [1.807, 2.05) is 20.8 Å². The van der Waals surface area contributed by atoms with Crippen LogP contribution in [0.15, 0.2) is 12.3 Å². The predicted molar refractivity (Wildman–Crippen MR) is 52.3 cm³/mol. The molecule has 0 aliphatic rings. The maximum absolute atomic E-state index is 10.9. The van der Waals surface area contributed by atoms with E-state index < -0.39 is 11.7 Å². The quantitative estimate of drug-likeness (QED) is 0.747. The van der Waals surface area contributed by atoms with Crippen LogP contribution in [-0.4, -0.2) is 17.0 Å². The zero-order valence-electron chi connectivity index (χ0n) is 7.56. The van der Waals surface area contributed by atoms with Gasteiger partial charge in [0.05, 0.1) is 0 Å². The third-order valence-corrected chi connectivity index (χ3v) is 1.18. The summed E-state index contributed by atoms with van der Waals surface area (Å²) in [6.07, 6.45) is 2.88. The number of carbonyl (C=O) groups is 1. The molecule has 0 heterocycles. The second kappa shape index (κ2) is 5.19. The molecule has 0 radical (unpaired) electrons. The minimum atomic E-state index is -0.438. The van der Waals surface area contributed by atoms with Crippen molar-refractivity contribution in [3.63, 3.8) is 0 Å². The molecule has 0 aromatic heterocycles. The summed E-state index contributed by atoms with van der Waals surface area (Å²) in [7, 11) is 0. The van der Waals surface area contributed by atoms with Gasteiger partial charge in [0.2, 0.25) is 0 Å². The highest BCUT2D eigenvalue weighted by Crippen LogP contribution is 2.06. The van der Waals surface area contributed by atoms with Gasteiger partial charge < -0.3 is 4.74 Å². The van der Waals surface area contributed by atoms with Crippen molar-refractivity contribution < 1.29 is 9.53 Å². The second-order valence-electron chi connectivity index (χ2n) is 3.20. The van der Waals surface area contributed by atoms with Gasteiger partial charge in [-0.3, -0.25) is 5.32 Å². The Kier molecular flexibility index (Phi) is 4.97. The average molecular weight is 236 g/mol. The van der Waals surface area contributed by atoms with Gasteiger partial charge in [-0.2, -0.15) is 0 Å². The van der Waals surface area contributed by atoms with Crippen LogP contribution in [0.2, 0.25) is 0 Å². The zero-order chi connectivity index (χ0) is 9.61. The molecule has 0 aromatic carbocycles. The highest BCUT2D eigenvalue weighted by molar-refractivity contribution is 9.09. The number of rotatable bonds is 2. The molecule has 1 amide bonds. The number of alkyl halides is 1. The van der Waals surface area contributed by atoms with Crippen LogP contribution in [0, 0.1) is 0 Å². The Morgan fingerprint density at radius 2 is 2.17 bits per heavy atom. The Balaban J connectivity index is 3.68. The first-order valence-corrected chi connectivity index (χ1v) is 4.78. The number of carbonyl (C=O) groups excluding carboxylic acids is 1. The van der Waals surface area contributed by atoms with Gasteiger partial charge in [0.25, 0.3) is 0 Å². The van der Waals surface area contributed by atoms with Crippen LogP contribution in [0.5, 0.6) is 0 Å². The number of nitrogens with one attached hydrogen (secondary N) is 1. The lowest BCUT2D eigenvalue weighted by atomic mass is 10.2. The van der Waals surface area contributed by atoms with Crippen molar-refractivity contribution in [2.75, 3.05) is 5.33 Å². The first kappa shape index (κ1) is 11.5. The van der Waals surface area contributed by atoms with Crippen LogP contribution >= 0.6 is 15.9 Å². The first-order chi connectivity index (χ1) is 5.45. The normalized spacial score (nSPS) is 11.7. The summed E-state index contributed by atoms with van der Waals surface area (Å²) in [6, 6.07) is 0. The van der Waals surface area contributed by atoms with Crippen LogP contribution in [-0.2, 0) is 4.74 Å². The fraction of sp³-hybridized carbons (Fsp3) is 0.625. The lowest BCUT2D eigenvalue weighted by Gasteiger charge is -2.18. The van der Waals surface area contributed by atoms with E-state index in [-0.39, 0.29) is 0 Å². The predicted octanol–water partition coefficient (Wildman–Crippen LogP) is 2.42. The van der Waals surface area contributed by atoms with Crippen molar-refractivity contribution in [1.29, 1.82) is 0 Å². The van der Waals surface area contributed by atoms with Gasteiger partial charge in [0.1, 0.15) is 5.60 Å². The summed E-state index contributed by atoms with van der Waals surface area (Å²) in [5, 5.41) is 3.18. The third kappa shape index (κ3) is 7.60. The van der Waals surface area contributed by atoms with Gasteiger partial charge in [-0.1, -0.05) is 22.0 Å². The monoisotopic (exact) mass is 235 g/mol. The standard InChI is InChI=1S/C8H14BrNO2/c1-8(2,3)12-7(11)10-6-4-5-9/h4,6H,5H2,1-3H3,(H,10,11)/b6-4+. The molecule has 0 aliphatic carbocycles. The molecule has 0 rings (SSSR count). The molecule has 0 saturated heterocycles. The maximum Gasteiger partial charge on any atom is 0.411 e. The minimum absolute atomic E-state index is 0.431. The van der Waals surface area contributed by atoms with Gasteiger partial charge >= 0.3 is 6.09 Å². The summed E-state index contributed by atoms with van der Waals surface area (Å²) >= 11 is 3.18. The molecule has 3 nitrogen and oxygen atoms in total. The number of amides is 1. The van der Waals surface area contributed by atoms with Crippen molar-refractivity contribution in [3.05, 3.63) is 12.3 Å². The Morgan fingerprint density at radius 1 is 1.58 bits per heavy atom. The van der Waals surface area contributed by atoms with E-state index in [0.29, 0.717) is 5.33 Å². The van der Waals surface area contributed by atoms with Crippen LogP contribution in [0.3, 0.4) is 0 Å². The summed E-state index contributed by atoms with van der Waals surface area (Å²) in [4.78, 5) is 10.9. The smallest absolute Gasteiger partial charge is 0.411 e. The van der Waals surface area contributed by atoms with Gasteiger partial charge in [0.15, 0.2) is 0 Å². The lowest BCUT2D eigenvalue weighted by Crippen LogP contribution is -2.29. The number of ether oxygens (including phenoxy) is 1. The molecule has 1 N–H and O–H groups in total. The fourth-order valence-corrected chi connectivity index (χ4v) is 0.666. The SMILES string of the molecule is CC(C)(C)OC(=O)N/C=C/CBr. The zero-order valence-corrected chi connectivity index (χ0v) is 9.14. The van der Waals surface area contributed by atoms with E-state index >= 15 is 0 Å². The van der Waals surface area contributed by atoms with Crippen LogP contribution < -0.4 is 5.32 Å². The van der Waals surface area contributed by atoms with Gasteiger partial charge in [0, 0.05) is 11.5 Å². The molecule has 12 heavy (non-hydrogen) atoms. The Morgan fingerprint density at radius 3 is 2.58 bits per heavy atom. The molecule has 0 aromatic rings. The van der Waals surface area contributed by atoms with E-state index in [0.717, 1.165) is 0 Å². The Labute approximate surface area is 81.3 Å². The van der Waals surface area contributed by atoms with Gasteiger partial charge in [-0.15, -0.1) is 0 Å². The average Bonchev–Trinajstić information content (AvgIpc) is 1.84. The molecular weight excluding hydrogens is 222 g/mol. The topological polar surface area (TPSA) is 38.3 Å². The summed E-state index contributed by atoms with van der Waals surface area (Å²) in [5.41, 5.74) is -0.438. The number of allylic oxidation sites excluding steroid dienone is 1. The molecular formula is C8H14BrNO2. The molecule has 0 saturated carbocycles. The maximum atomic E-state index is 10.9. The van der Waals surface area contributed by atoms with Gasteiger partial charge in [-0.25, -0.2) is 4.79 Å². The molecule has 0 atom stereocenters. The van der Waals surface area contributed by atoms with Crippen LogP contribution in [0.25, 0.3) is 0 Å². The molecule has 0 bridgehead atoms. The van der Waals surface area contributed by atoms with E-state index in [1.165, 1.54) is 0 Å². The molecule has 70 valence electrons. The lowest BCUT2D eigenvalue weighted by molar-refractivity contribution is 0.0552. The molecule has 0 unspecified atom stereocenters. The molecule has 0 aliphatic heterocycles. The van der Waals surface area contributed by atoms with Crippen molar-refractivity contribution in [1.82, 2.24) is 5.32 Å². The van der Waals surface area contributed by atoms with E-state index in [1.54, 1.807) is 12.3 Å². The van der Waals surface area contributed by atoms with E-state index in [9.17, 15) is 4.79 Å². The van der Waals surface area contributed by atoms with Crippen LogP contribution in [0.4, 0.5) is 4.79 Å².